The van der Waals surface area contributed by atoms with E-state index in [4.69, 9.17) is 0 Å². The fourth-order valence-electron chi connectivity index (χ4n) is 1.58. The van der Waals surface area contributed by atoms with Crippen LogP contribution >= 0.6 is 28.3 Å². The van der Waals surface area contributed by atoms with Gasteiger partial charge in [0.05, 0.1) is 10.7 Å². The van der Waals surface area contributed by atoms with Crippen LogP contribution in [0, 0.1) is 0 Å². The van der Waals surface area contributed by atoms with Crippen LogP contribution in [0.3, 0.4) is 0 Å². The maximum atomic E-state index is 11.8. The third-order valence-electron chi connectivity index (χ3n) is 2.37. The number of amides is 1. The zero-order valence-corrected chi connectivity index (χ0v) is 11.1. The number of nitrogens with one attached hydrogen (secondary N) is 1. The summed E-state index contributed by atoms with van der Waals surface area (Å²) in [4.78, 5) is 13.7. The third kappa shape index (κ3) is 3.47. The SMILES string of the molecule is Cl.O=C(Cn1cc(Br)cn1)N1CCNCC1. The first kappa shape index (κ1) is 13.5. The van der Waals surface area contributed by atoms with Crippen molar-refractivity contribution in [3.63, 3.8) is 0 Å². The second-order valence-electron chi connectivity index (χ2n) is 3.49. The molecule has 7 heteroatoms. The highest BCUT2D eigenvalue weighted by Crippen LogP contribution is 2.06. The summed E-state index contributed by atoms with van der Waals surface area (Å²) in [6, 6.07) is 0. The lowest BCUT2D eigenvalue weighted by atomic mass is 10.3. The number of carbonyl (C=O) groups is 1. The molecule has 0 unspecified atom stereocenters. The zero-order chi connectivity index (χ0) is 10.7. The summed E-state index contributed by atoms with van der Waals surface area (Å²) in [6.45, 7) is 3.68. The van der Waals surface area contributed by atoms with Gasteiger partial charge in [-0.25, -0.2) is 0 Å². The van der Waals surface area contributed by atoms with Crippen molar-refractivity contribution in [1.29, 1.82) is 0 Å². The predicted octanol–water partition coefficient (Wildman–Crippen LogP) is 0.499. The van der Waals surface area contributed by atoms with Gasteiger partial charge in [0, 0.05) is 32.4 Å². The summed E-state index contributed by atoms with van der Waals surface area (Å²) in [6.07, 6.45) is 3.49. The summed E-state index contributed by atoms with van der Waals surface area (Å²) < 4.78 is 2.55. The average molecular weight is 310 g/mol. The van der Waals surface area contributed by atoms with E-state index >= 15 is 0 Å². The molecule has 0 bridgehead atoms. The lowest BCUT2D eigenvalue weighted by Crippen LogP contribution is -2.47. The van der Waals surface area contributed by atoms with Crippen molar-refractivity contribution in [2.24, 2.45) is 0 Å². The van der Waals surface area contributed by atoms with Crippen LogP contribution in [0.5, 0.6) is 0 Å². The Morgan fingerprint density at radius 1 is 1.50 bits per heavy atom. The predicted molar refractivity (Wildman–Crippen MR) is 66.6 cm³/mol. The van der Waals surface area contributed by atoms with Crippen LogP contribution in [0.15, 0.2) is 16.9 Å². The molecule has 1 aliphatic rings. The summed E-state index contributed by atoms with van der Waals surface area (Å²) >= 11 is 3.30. The van der Waals surface area contributed by atoms with Gasteiger partial charge in [0.25, 0.3) is 0 Å². The number of nitrogens with zero attached hydrogens (tertiary/aromatic N) is 3. The topological polar surface area (TPSA) is 50.2 Å². The maximum absolute atomic E-state index is 11.8. The number of rotatable bonds is 2. The van der Waals surface area contributed by atoms with E-state index in [0.717, 1.165) is 30.7 Å². The molecule has 0 atom stereocenters. The Labute approximate surface area is 109 Å². The molecule has 1 aliphatic heterocycles. The van der Waals surface area contributed by atoms with Crippen molar-refractivity contribution in [3.8, 4) is 0 Å². The highest BCUT2D eigenvalue weighted by Gasteiger charge is 2.16. The van der Waals surface area contributed by atoms with Gasteiger partial charge < -0.3 is 10.2 Å². The van der Waals surface area contributed by atoms with E-state index in [1.54, 1.807) is 17.1 Å². The van der Waals surface area contributed by atoms with Crippen LogP contribution in [0.4, 0.5) is 0 Å². The molecule has 2 heterocycles. The van der Waals surface area contributed by atoms with Gasteiger partial charge in [0.15, 0.2) is 0 Å². The maximum Gasteiger partial charge on any atom is 0.244 e. The van der Waals surface area contributed by atoms with Crippen molar-refractivity contribution in [2.45, 2.75) is 6.54 Å². The summed E-state index contributed by atoms with van der Waals surface area (Å²) in [7, 11) is 0. The van der Waals surface area contributed by atoms with Gasteiger partial charge in [0.1, 0.15) is 6.54 Å². The van der Waals surface area contributed by atoms with Gasteiger partial charge in [0.2, 0.25) is 5.91 Å². The van der Waals surface area contributed by atoms with Crippen LogP contribution in [-0.2, 0) is 11.3 Å². The Balaban J connectivity index is 0.00000128. The average Bonchev–Trinajstić information content (AvgIpc) is 2.65. The second kappa shape index (κ2) is 6.22. The van der Waals surface area contributed by atoms with Crippen molar-refractivity contribution >= 4 is 34.2 Å². The van der Waals surface area contributed by atoms with Crippen molar-refractivity contribution in [2.75, 3.05) is 26.2 Å². The normalized spacial score (nSPS) is 15.7. The second-order valence-corrected chi connectivity index (χ2v) is 4.40. The minimum atomic E-state index is 0. The van der Waals surface area contributed by atoms with Crippen LogP contribution in [0.2, 0.25) is 0 Å². The van der Waals surface area contributed by atoms with Crippen LogP contribution in [0.25, 0.3) is 0 Å². The molecule has 0 radical (unpaired) electrons. The van der Waals surface area contributed by atoms with E-state index in [1.165, 1.54) is 0 Å². The van der Waals surface area contributed by atoms with Crippen molar-refractivity contribution in [1.82, 2.24) is 20.0 Å². The molecule has 90 valence electrons. The lowest BCUT2D eigenvalue weighted by Gasteiger charge is -2.27. The smallest absolute Gasteiger partial charge is 0.244 e. The van der Waals surface area contributed by atoms with E-state index in [9.17, 15) is 4.79 Å². The van der Waals surface area contributed by atoms with Crippen LogP contribution < -0.4 is 5.32 Å². The molecule has 1 aromatic rings. The van der Waals surface area contributed by atoms with E-state index in [-0.39, 0.29) is 18.3 Å². The molecule has 0 aliphatic carbocycles. The Morgan fingerprint density at radius 3 is 2.75 bits per heavy atom. The lowest BCUT2D eigenvalue weighted by molar-refractivity contribution is -0.132. The number of hydrogen-bond donors (Lipinski definition) is 1. The third-order valence-corrected chi connectivity index (χ3v) is 2.78. The molecule has 16 heavy (non-hydrogen) atoms. The first-order valence-corrected chi connectivity index (χ1v) is 5.71. The Morgan fingerprint density at radius 2 is 2.19 bits per heavy atom. The molecule has 0 saturated carbocycles. The quantitative estimate of drug-likeness (QED) is 0.865. The molecule has 5 nitrogen and oxygen atoms in total. The molecule has 0 spiro atoms. The highest BCUT2D eigenvalue weighted by atomic mass is 79.9. The molecule has 1 N–H and O–H groups in total. The van der Waals surface area contributed by atoms with Gasteiger partial charge in [-0.05, 0) is 15.9 Å². The molecular formula is C9H14BrClN4O. The minimum absolute atomic E-state index is 0. The number of aromatic nitrogens is 2. The standard InChI is InChI=1S/C9H13BrN4O.ClH/c10-8-5-12-14(6-8)7-9(15)13-3-1-11-2-4-13;/h5-6,11H,1-4,7H2;1H. The minimum Gasteiger partial charge on any atom is -0.339 e. The largest absolute Gasteiger partial charge is 0.339 e. The molecule has 0 aromatic carbocycles. The number of carbonyl (C=O) groups excluding carboxylic acids is 1. The Hall–Kier alpha value is -0.590. The van der Waals surface area contributed by atoms with Gasteiger partial charge in [-0.3, -0.25) is 9.48 Å². The fourth-order valence-corrected chi connectivity index (χ4v) is 1.91. The number of halogens is 2. The number of hydrogen-bond acceptors (Lipinski definition) is 3. The van der Waals surface area contributed by atoms with Crippen LogP contribution in [0.1, 0.15) is 0 Å². The molecule has 1 aromatic heterocycles. The van der Waals surface area contributed by atoms with E-state index < -0.39 is 0 Å². The van der Waals surface area contributed by atoms with E-state index in [2.05, 4.69) is 26.3 Å². The molecule has 1 amide bonds. The van der Waals surface area contributed by atoms with Gasteiger partial charge in [-0.15, -0.1) is 12.4 Å². The fraction of sp³-hybridized carbons (Fsp3) is 0.556. The first-order chi connectivity index (χ1) is 7.25. The highest BCUT2D eigenvalue weighted by molar-refractivity contribution is 9.10. The van der Waals surface area contributed by atoms with Crippen molar-refractivity contribution in [3.05, 3.63) is 16.9 Å². The van der Waals surface area contributed by atoms with Crippen LogP contribution in [-0.4, -0.2) is 46.8 Å². The molecule has 1 saturated heterocycles. The monoisotopic (exact) mass is 308 g/mol. The van der Waals surface area contributed by atoms with Gasteiger partial charge in [-0.2, -0.15) is 5.10 Å². The summed E-state index contributed by atoms with van der Waals surface area (Å²) in [5.74, 6) is 0.132. The molecular weight excluding hydrogens is 295 g/mol. The Bertz CT molecular complexity index is 351. The summed E-state index contributed by atoms with van der Waals surface area (Å²) in [5, 5.41) is 7.27. The first-order valence-electron chi connectivity index (χ1n) is 4.92. The molecule has 2 rings (SSSR count). The van der Waals surface area contributed by atoms with Crippen molar-refractivity contribution < 1.29 is 4.79 Å². The summed E-state index contributed by atoms with van der Waals surface area (Å²) in [5.41, 5.74) is 0. The zero-order valence-electron chi connectivity index (χ0n) is 8.73. The Kier molecular flexibility index (Phi) is 5.24. The van der Waals surface area contributed by atoms with E-state index in [0.29, 0.717) is 6.54 Å². The van der Waals surface area contributed by atoms with Gasteiger partial charge in [-0.1, -0.05) is 0 Å². The van der Waals surface area contributed by atoms with E-state index in [1.807, 2.05) is 4.90 Å². The number of piperazine rings is 1. The molecule has 1 fully saturated rings. The van der Waals surface area contributed by atoms with Gasteiger partial charge >= 0.3 is 0 Å².